The summed E-state index contributed by atoms with van der Waals surface area (Å²) in [6.07, 6.45) is 4.04. The van der Waals surface area contributed by atoms with Gasteiger partial charge in [-0.25, -0.2) is 4.79 Å². The first kappa shape index (κ1) is 49.6. The number of aldehydes is 1. The van der Waals surface area contributed by atoms with Gasteiger partial charge >= 0.3 is 5.97 Å². The van der Waals surface area contributed by atoms with Crippen molar-refractivity contribution in [3.05, 3.63) is 35.9 Å². The molecule has 1 saturated heterocycles. The largest absolute Gasteiger partial charge is 0.480 e. The highest BCUT2D eigenvalue weighted by atomic mass is 16.5. The first-order valence-electron chi connectivity index (χ1n) is 19.1. The molecule has 3 amide bonds. The number of benzene rings is 1. The van der Waals surface area contributed by atoms with Gasteiger partial charge in [0.05, 0.1) is 43.2 Å². The molecule has 1 aliphatic heterocycles. The van der Waals surface area contributed by atoms with Crippen LogP contribution in [0.5, 0.6) is 0 Å². The van der Waals surface area contributed by atoms with Crippen LogP contribution in [0.1, 0.15) is 86.1 Å². The lowest BCUT2D eigenvalue weighted by atomic mass is 9.90. The summed E-state index contributed by atoms with van der Waals surface area (Å²) in [5.74, 6) is -1.71. The zero-order valence-electron chi connectivity index (χ0n) is 34.5. The molecule has 0 spiro atoms. The number of hydrogen-bond acceptors (Lipinski definition) is 9. The Hall–Kier alpha value is -3.39. The zero-order valence-corrected chi connectivity index (χ0v) is 34.5. The summed E-state index contributed by atoms with van der Waals surface area (Å²) in [5.41, 5.74) is 0.824. The highest BCUT2D eigenvalue weighted by Gasteiger charge is 2.41. The van der Waals surface area contributed by atoms with Crippen LogP contribution < -0.4 is 16.0 Å². The average molecular weight is 750 g/mol. The number of likely N-dealkylation sites (N-methyl/N-ethyl adjacent to an activating group) is 2. The Labute approximate surface area is 319 Å². The van der Waals surface area contributed by atoms with E-state index in [-0.39, 0.29) is 61.3 Å². The van der Waals surface area contributed by atoms with Crippen LogP contribution in [-0.4, -0.2) is 130 Å². The Kier molecular flexibility index (Phi) is 25.5. The number of ether oxygens (including phenoxy) is 2. The van der Waals surface area contributed by atoms with E-state index in [4.69, 9.17) is 9.47 Å². The molecule has 1 aromatic rings. The van der Waals surface area contributed by atoms with Crippen LogP contribution in [0.2, 0.25) is 0 Å². The second-order valence-electron chi connectivity index (χ2n) is 14.3. The second kappa shape index (κ2) is 27.2. The quantitative estimate of drug-likeness (QED) is 0.144. The Balaban J connectivity index is 0.00000151. The van der Waals surface area contributed by atoms with E-state index < -0.39 is 29.9 Å². The molecule has 0 aliphatic carbocycles. The Bertz CT molecular complexity index is 1200. The highest BCUT2D eigenvalue weighted by Crippen LogP contribution is 2.29. The smallest absolute Gasteiger partial charge is 0.326 e. The molecule has 0 saturated carbocycles. The molecule has 0 radical (unpaired) electrons. The van der Waals surface area contributed by atoms with Crippen molar-refractivity contribution in [3.63, 3.8) is 0 Å². The summed E-state index contributed by atoms with van der Waals surface area (Å²) < 4.78 is 11.6. The lowest BCUT2D eigenvalue weighted by molar-refractivity contribution is -0.145. The number of carboxylic acids is 1. The van der Waals surface area contributed by atoms with E-state index >= 15 is 0 Å². The lowest BCUT2D eigenvalue weighted by Crippen LogP contribution is -2.53. The molecule has 13 heteroatoms. The van der Waals surface area contributed by atoms with Gasteiger partial charge < -0.3 is 45.1 Å². The molecule has 304 valence electrons. The van der Waals surface area contributed by atoms with Gasteiger partial charge in [-0.05, 0) is 51.4 Å². The fourth-order valence-electron chi connectivity index (χ4n) is 6.74. The summed E-state index contributed by atoms with van der Waals surface area (Å²) in [7, 11) is 8.93. The Morgan fingerprint density at radius 1 is 1.00 bits per heavy atom. The summed E-state index contributed by atoms with van der Waals surface area (Å²) >= 11 is 0. The number of amides is 3. The van der Waals surface area contributed by atoms with Gasteiger partial charge in [-0.2, -0.15) is 0 Å². The number of carbonyl (C=O) groups excluding carboxylic acids is 4. The van der Waals surface area contributed by atoms with E-state index in [9.17, 15) is 29.1 Å². The molecule has 13 nitrogen and oxygen atoms in total. The standard InChI is InChI=1S/C29H47N3O6.C8H16N2O2.C3H8/c1-8-19(2)26(31(4)5)24(37-6)18-25(33)32-16-12-15-23(32)27(38-7)20(3)28(34)30-22(29(35)36)17-21-13-10-9-11-14-21;1-6(2)7(9-3)8(12)10-4-5-11;1-3-2/h9-11,13-14,19-20,22-24,26-27H,8,12,15-18H2,1-7H3,(H,30,34)(H,35,36);5-7,9H,4H2,1-3H3,(H,10,12);3H2,1-2H3. The molecule has 53 heavy (non-hydrogen) atoms. The highest BCUT2D eigenvalue weighted by molar-refractivity contribution is 5.86. The number of likely N-dealkylation sites (tertiary alicyclic amines) is 1. The molecule has 1 fully saturated rings. The van der Waals surface area contributed by atoms with Crippen molar-refractivity contribution < 1.29 is 38.6 Å². The molecule has 1 aromatic carbocycles. The lowest BCUT2D eigenvalue weighted by Gasteiger charge is -2.38. The Morgan fingerprint density at radius 3 is 2.06 bits per heavy atom. The minimum atomic E-state index is -1.09. The molecule has 2 rings (SSSR count). The molecular weight excluding hydrogens is 678 g/mol. The van der Waals surface area contributed by atoms with Gasteiger partial charge in [0.15, 0.2) is 0 Å². The third kappa shape index (κ3) is 17.1. The molecule has 8 unspecified atom stereocenters. The summed E-state index contributed by atoms with van der Waals surface area (Å²) in [6.45, 7) is 14.9. The molecule has 0 bridgehead atoms. The maximum absolute atomic E-state index is 13.5. The van der Waals surface area contributed by atoms with Crippen molar-refractivity contribution >= 4 is 30.0 Å². The van der Waals surface area contributed by atoms with E-state index in [0.717, 1.165) is 18.4 Å². The number of hydrogen-bond donors (Lipinski definition) is 4. The Morgan fingerprint density at radius 2 is 1.60 bits per heavy atom. The third-order valence-corrected chi connectivity index (χ3v) is 9.58. The van der Waals surface area contributed by atoms with E-state index in [1.165, 1.54) is 13.5 Å². The summed E-state index contributed by atoms with van der Waals surface area (Å²) in [6, 6.07) is 7.74. The van der Waals surface area contributed by atoms with E-state index in [1.54, 1.807) is 21.1 Å². The van der Waals surface area contributed by atoms with Gasteiger partial charge in [-0.1, -0.05) is 91.6 Å². The van der Waals surface area contributed by atoms with Gasteiger partial charge in [-0.3, -0.25) is 14.4 Å². The maximum Gasteiger partial charge on any atom is 0.326 e. The van der Waals surface area contributed by atoms with Crippen LogP contribution in [0.4, 0.5) is 0 Å². The number of nitrogens with zero attached hydrogens (tertiary/aromatic N) is 2. The number of nitrogens with one attached hydrogen (secondary N) is 3. The molecule has 0 aromatic heterocycles. The van der Waals surface area contributed by atoms with Crippen molar-refractivity contribution in [2.24, 2.45) is 17.8 Å². The summed E-state index contributed by atoms with van der Waals surface area (Å²) in [5, 5.41) is 17.8. The third-order valence-electron chi connectivity index (χ3n) is 9.58. The number of rotatable bonds is 20. The van der Waals surface area contributed by atoms with E-state index in [0.29, 0.717) is 25.2 Å². The van der Waals surface area contributed by atoms with E-state index in [1.807, 2.05) is 63.2 Å². The number of carbonyl (C=O) groups is 5. The monoisotopic (exact) mass is 750 g/mol. The zero-order chi connectivity index (χ0) is 40.7. The van der Waals surface area contributed by atoms with Crippen LogP contribution >= 0.6 is 0 Å². The van der Waals surface area contributed by atoms with Crippen molar-refractivity contribution in [3.8, 4) is 0 Å². The van der Waals surface area contributed by atoms with Crippen molar-refractivity contribution in [2.75, 3.05) is 48.5 Å². The van der Waals surface area contributed by atoms with Crippen molar-refractivity contribution in [2.45, 2.75) is 123 Å². The van der Waals surface area contributed by atoms with Crippen LogP contribution in [0.15, 0.2) is 30.3 Å². The minimum Gasteiger partial charge on any atom is -0.480 e. The topological polar surface area (TPSA) is 167 Å². The van der Waals surface area contributed by atoms with Gasteiger partial charge in [0, 0.05) is 33.2 Å². The number of methoxy groups -OCH3 is 2. The van der Waals surface area contributed by atoms with Crippen LogP contribution in [0.25, 0.3) is 0 Å². The SMILES string of the molecule is CCC.CCC(C)C(C(CC(=O)N1CCCC1C(OC)C(C)C(=O)NC(Cc1ccccc1)C(=O)O)OC)N(C)C.CNC(C(=O)NCC=O)C(C)C. The van der Waals surface area contributed by atoms with Gasteiger partial charge in [0.25, 0.3) is 0 Å². The van der Waals surface area contributed by atoms with Gasteiger partial charge in [-0.15, -0.1) is 0 Å². The predicted octanol–water partition coefficient (Wildman–Crippen LogP) is 3.78. The van der Waals surface area contributed by atoms with Crippen molar-refractivity contribution in [1.29, 1.82) is 0 Å². The summed E-state index contributed by atoms with van der Waals surface area (Å²) in [4.78, 5) is 63.8. The van der Waals surface area contributed by atoms with Crippen LogP contribution in [0.3, 0.4) is 0 Å². The molecular formula is C40H71N5O8. The number of carboxylic acid groups (broad SMARTS) is 1. The van der Waals surface area contributed by atoms with Crippen LogP contribution in [0, 0.1) is 17.8 Å². The maximum atomic E-state index is 13.5. The first-order valence-corrected chi connectivity index (χ1v) is 19.1. The predicted molar refractivity (Wildman–Crippen MR) is 209 cm³/mol. The first-order chi connectivity index (χ1) is 25.1. The second-order valence-corrected chi connectivity index (χ2v) is 14.3. The molecule has 1 heterocycles. The van der Waals surface area contributed by atoms with E-state index in [2.05, 4.69) is 48.5 Å². The van der Waals surface area contributed by atoms with Crippen LogP contribution in [-0.2, 0) is 39.9 Å². The normalized spacial score (nSPS) is 17.8. The average Bonchev–Trinajstić information content (AvgIpc) is 3.61. The fourth-order valence-corrected chi connectivity index (χ4v) is 6.74. The van der Waals surface area contributed by atoms with Gasteiger partial charge in [0.1, 0.15) is 12.3 Å². The van der Waals surface area contributed by atoms with Crippen molar-refractivity contribution in [1.82, 2.24) is 25.8 Å². The molecule has 4 N–H and O–H groups in total. The molecule has 8 atom stereocenters. The fraction of sp³-hybridized carbons (Fsp3) is 0.725. The van der Waals surface area contributed by atoms with Gasteiger partial charge in [0.2, 0.25) is 17.7 Å². The minimum absolute atomic E-state index is 0.0170. The number of aliphatic carboxylic acids is 1. The molecule has 1 aliphatic rings.